The second-order valence-corrected chi connectivity index (χ2v) is 7.50. The average Bonchev–Trinajstić information content (AvgIpc) is 2.81. The van der Waals surface area contributed by atoms with Crippen LogP contribution in [0.2, 0.25) is 0 Å². The Balaban J connectivity index is 1.83. The molecule has 0 saturated heterocycles. The SMILES string of the molecule is CCCC[C@H](Oc1ccc(OCC(=O)O)c(C)c1)c1cccc(-c2ccc(C#N)cc2)n1. The van der Waals surface area contributed by atoms with Crippen LogP contribution in [0.15, 0.2) is 60.7 Å². The summed E-state index contributed by atoms with van der Waals surface area (Å²) in [5.74, 6) is 0.181. The zero-order valence-electron chi connectivity index (χ0n) is 18.2. The maximum absolute atomic E-state index is 10.7. The second-order valence-electron chi connectivity index (χ2n) is 7.50. The summed E-state index contributed by atoms with van der Waals surface area (Å²) in [6.45, 7) is 3.61. The minimum Gasteiger partial charge on any atom is -0.484 e. The highest BCUT2D eigenvalue weighted by Crippen LogP contribution is 2.30. The van der Waals surface area contributed by atoms with Crippen LogP contribution in [0.5, 0.6) is 11.5 Å². The van der Waals surface area contributed by atoms with Crippen LogP contribution < -0.4 is 9.47 Å². The number of benzene rings is 2. The fraction of sp³-hybridized carbons (Fsp3) is 0.269. The van der Waals surface area contributed by atoms with Gasteiger partial charge in [0, 0.05) is 5.56 Å². The normalized spacial score (nSPS) is 11.4. The van der Waals surface area contributed by atoms with Gasteiger partial charge in [0.05, 0.1) is 23.0 Å². The Bertz CT molecular complexity index is 1100. The van der Waals surface area contributed by atoms with E-state index in [2.05, 4.69) is 13.0 Å². The number of carboxylic acid groups (broad SMARTS) is 1. The fourth-order valence-corrected chi connectivity index (χ4v) is 3.32. The van der Waals surface area contributed by atoms with E-state index < -0.39 is 5.97 Å². The van der Waals surface area contributed by atoms with Crippen molar-refractivity contribution < 1.29 is 19.4 Å². The van der Waals surface area contributed by atoms with Gasteiger partial charge in [-0.1, -0.05) is 31.5 Å². The molecule has 0 unspecified atom stereocenters. The molecule has 0 saturated carbocycles. The number of hydrogen-bond donors (Lipinski definition) is 1. The van der Waals surface area contributed by atoms with E-state index in [4.69, 9.17) is 24.8 Å². The van der Waals surface area contributed by atoms with E-state index in [-0.39, 0.29) is 12.7 Å². The smallest absolute Gasteiger partial charge is 0.341 e. The van der Waals surface area contributed by atoms with E-state index >= 15 is 0 Å². The molecule has 2 aromatic carbocycles. The first kappa shape index (κ1) is 22.8. The number of hydrogen-bond acceptors (Lipinski definition) is 5. The zero-order valence-corrected chi connectivity index (χ0v) is 18.2. The van der Waals surface area contributed by atoms with E-state index in [1.54, 1.807) is 24.3 Å². The molecule has 164 valence electrons. The first-order chi connectivity index (χ1) is 15.5. The number of pyridine rings is 1. The van der Waals surface area contributed by atoms with Crippen LogP contribution >= 0.6 is 0 Å². The van der Waals surface area contributed by atoms with Gasteiger partial charge in [0.2, 0.25) is 0 Å². The first-order valence-electron chi connectivity index (χ1n) is 10.6. The van der Waals surface area contributed by atoms with Gasteiger partial charge in [-0.25, -0.2) is 9.78 Å². The van der Waals surface area contributed by atoms with Crippen LogP contribution in [-0.4, -0.2) is 22.7 Å². The van der Waals surface area contributed by atoms with E-state index in [1.165, 1.54) is 0 Å². The summed E-state index contributed by atoms with van der Waals surface area (Å²) in [5, 5.41) is 17.8. The van der Waals surface area contributed by atoms with Gasteiger partial charge in [-0.2, -0.15) is 5.26 Å². The van der Waals surface area contributed by atoms with Crippen LogP contribution in [-0.2, 0) is 4.79 Å². The molecule has 0 amide bonds. The van der Waals surface area contributed by atoms with Gasteiger partial charge in [-0.15, -0.1) is 0 Å². The van der Waals surface area contributed by atoms with Crippen LogP contribution in [0.4, 0.5) is 0 Å². The van der Waals surface area contributed by atoms with E-state index in [9.17, 15) is 4.79 Å². The summed E-state index contributed by atoms with van der Waals surface area (Å²) in [5.41, 5.74) is 4.02. The first-order valence-corrected chi connectivity index (χ1v) is 10.6. The summed E-state index contributed by atoms with van der Waals surface area (Å²) in [4.78, 5) is 15.6. The lowest BCUT2D eigenvalue weighted by atomic mass is 10.1. The molecule has 6 nitrogen and oxygen atoms in total. The summed E-state index contributed by atoms with van der Waals surface area (Å²) in [6, 6.07) is 20.7. The zero-order chi connectivity index (χ0) is 22.9. The summed E-state index contributed by atoms with van der Waals surface area (Å²) >= 11 is 0. The number of nitriles is 1. The molecule has 6 heteroatoms. The summed E-state index contributed by atoms with van der Waals surface area (Å²) in [7, 11) is 0. The van der Waals surface area contributed by atoms with Crippen molar-refractivity contribution in [2.45, 2.75) is 39.2 Å². The van der Waals surface area contributed by atoms with E-state index in [0.717, 1.165) is 41.8 Å². The number of nitrogens with zero attached hydrogens (tertiary/aromatic N) is 2. The van der Waals surface area contributed by atoms with Crippen molar-refractivity contribution in [2.75, 3.05) is 6.61 Å². The van der Waals surface area contributed by atoms with Crippen molar-refractivity contribution >= 4 is 5.97 Å². The van der Waals surface area contributed by atoms with Crippen molar-refractivity contribution in [2.24, 2.45) is 0 Å². The van der Waals surface area contributed by atoms with Crippen LogP contribution in [0.3, 0.4) is 0 Å². The highest BCUT2D eigenvalue weighted by atomic mass is 16.5. The molecule has 32 heavy (non-hydrogen) atoms. The molecule has 0 aliphatic carbocycles. The number of aliphatic carboxylic acids is 1. The molecular weight excluding hydrogens is 404 g/mol. The largest absolute Gasteiger partial charge is 0.484 e. The van der Waals surface area contributed by atoms with Crippen LogP contribution in [0.25, 0.3) is 11.3 Å². The van der Waals surface area contributed by atoms with Crippen LogP contribution in [0, 0.1) is 18.3 Å². The second kappa shape index (κ2) is 11.0. The molecule has 0 spiro atoms. The lowest BCUT2D eigenvalue weighted by Crippen LogP contribution is -2.11. The molecule has 0 radical (unpaired) electrons. The van der Waals surface area contributed by atoms with Gasteiger partial charge >= 0.3 is 5.97 Å². The Morgan fingerprint density at radius 2 is 1.94 bits per heavy atom. The number of carboxylic acids is 1. The van der Waals surface area contributed by atoms with Gasteiger partial charge < -0.3 is 14.6 Å². The number of aromatic nitrogens is 1. The molecular formula is C26H26N2O4. The maximum atomic E-state index is 10.7. The third-order valence-electron chi connectivity index (χ3n) is 5.01. The van der Waals surface area contributed by atoms with Gasteiger partial charge in [-0.3, -0.25) is 0 Å². The number of aryl methyl sites for hydroxylation is 1. The summed E-state index contributed by atoms with van der Waals surface area (Å²) in [6.07, 6.45) is 2.62. The van der Waals surface area contributed by atoms with Crippen molar-refractivity contribution in [1.29, 1.82) is 5.26 Å². The molecule has 0 aliphatic rings. The average molecular weight is 431 g/mol. The molecule has 0 fully saturated rings. The van der Waals surface area contributed by atoms with Crippen molar-refractivity contribution in [1.82, 2.24) is 4.98 Å². The molecule has 3 rings (SSSR count). The van der Waals surface area contributed by atoms with Crippen molar-refractivity contribution in [3.63, 3.8) is 0 Å². The minimum absolute atomic E-state index is 0.224. The van der Waals surface area contributed by atoms with Gasteiger partial charge in [-0.05, 0) is 67.8 Å². The molecule has 1 N–H and O–H groups in total. The fourth-order valence-electron chi connectivity index (χ4n) is 3.32. The predicted molar refractivity (Wildman–Crippen MR) is 122 cm³/mol. The Kier molecular flexibility index (Phi) is 7.82. The van der Waals surface area contributed by atoms with Gasteiger partial charge in [0.25, 0.3) is 0 Å². The molecule has 1 heterocycles. The monoisotopic (exact) mass is 430 g/mol. The molecule has 0 aliphatic heterocycles. The Hall–Kier alpha value is -3.85. The number of carbonyl (C=O) groups is 1. The van der Waals surface area contributed by atoms with E-state index in [1.807, 2.05) is 43.3 Å². The third-order valence-corrected chi connectivity index (χ3v) is 5.01. The van der Waals surface area contributed by atoms with E-state index in [0.29, 0.717) is 17.1 Å². The lowest BCUT2D eigenvalue weighted by Gasteiger charge is -2.20. The molecule has 0 bridgehead atoms. The quantitative estimate of drug-likeness (QED) is 0.443. The minimum atomic E-state index is -1.02. The molecule has 1 aromatic heterocycles. The lowest BCUT2D eigenvalue weighted by molar-refractivity contribution is -0.139. The topological polar surface area (TPSA) is 92.4 Å². The Morgan fingerprint density at radius 3 is 2.59 bits per heavy atom. The maximum Gasteiger partial charge on any atom is 0.341 e. The highest BCUT2D eigenvalue weighted by Gasteiger charge is 2.17. The van der Waals surface area contributed by atoms with Crippen LogP contribution in [0.1, 0.15) is 49.1 Å². The molecule has 1 atom stereocenters. The number of rotatable bonds is 10. The number of unbranched alkanes of at least 4 members (excludes halogenated alkanes) is 1. The summed E-state index contributed by atoms with van der Waals surface area (Å²) < 4.78 is 11.6. The predicted octanol–water partition coefficient (Wildman–Crippen LogP) is 5.70. The highest BCUT2D eigenvalue weighted by molar-refractivity contribution is 5.68. The van der Waals surface area contributed by atoms with Gasteiger partial charge in [0.1, 0.15) is 17.6 Å². The van der Waals surface area contributed by atoms with Gasteiger partial charge in [0.15, 0.2) is 6.61 Å². The standard InChI is InChI=1S/C26H26N2O4/c1-3-4-8-25(32-21-13-14-24(18(2)15-21)31-17-26(29)30)23-7-5-6-22(28-23)20-11-9-19(16-27)10-12-20/h5-7,9-15,25H,3-4,8,17H2,1-2H3,(H,29,30)/t25-/m0/s1. The number of ether oxygens (including phenoxy) is 2. The third kappa shape index (κ3) is 6.08. The Labute approximate surface area is 188 Å². The van der Waals surface area contributed by atoms with Crippen molar-refractivity contribution in [3.05, 3.63) is 77.5 Å². The Morgan fingerprint density at radius 1 is 1.16 bits per heavy atom. The van der Waals surface area contributed by atoms with Crippen molar-refractivity contribution in [3.8, 4) is 28.8 Å². The molecule has 3 aromatic rings.